The SMILES string of the molecule is Cc1nnn(-c2nonc2N)c1C(=O)NN=Cc1cccc(Cl)c1. The molecule has 0 aliphatic rings. The Morgan fingerprint density at radius 2 is 2.29 bits per heavy atom. The van der Waals surface area contributed by atoms with Gasteiger partial charge in [0, 0.05) is 5.02 Å². The van der Waals surface area contributed by atoms with Gasteiger partial charge in [-0.1, -0.05) is 28.9 Å². The van der Waals surface area contributed by atoms with E-state index in [0.717, 1.165) is 10.2 Å². The van der Waals surface area contributed by atoms with Gasteiger partial charge in [-0.05, 0) is 34.9 Å². The van der Waals surface area contributed by atoms with E-state index >= 15 is 0 Å². The van der Waals surface area contributed by atoms with Gasteiger partial charge in [0.2, 0.25) is 11.6 Å². The predicted octanol–water partition coefficient (Wildman–Crippen LogP) is 0.958. The van der Waals surface area contributed by atoms with Gasteiger partial charge in [-0.15, -0.1) is 5.10 Å². The van der Waals surface area contributed by atoms with Crippen molar-refractivity contribution in [1.29, 1.82) is 0 Å². The minimum Gasteiger partial charge on any atom is -0.378 e. The van der Waals surface area contributed by atoms with E-state index in [1.54, 1.807) is 31.2 Å². The first-order valence-electron chi connectivity index (χ1n) is 6.66. The smallest absolute Gasteiger partial charge is 0.292 e. The van der Waals surface area contributed by atoms with E-state index < -0.39 is 5.91 Å². The third kappa shape index (κ3) is 3.08. The van der Waals surface area contributed by atoms with Crippen molar-refractivity contribution in [3.63, 3.8) is 0 Å². The number of hydrazone groups is 1. The van der Waals surface area contributed by atoms with Crippen LogP contribution in [0.4, 0.5) is 5.82 Å². The molecule has 0 radical (unpaired) electrons. The molecule has 1 amide bonds. The van der Waals surface area contributed by atoms with Gasteiger partial charge in [-0.2, -0.15) is 9.78 Å². The summed E-state index contributed by atoms with van der Waals surface area (Å²) in [5.41, 5.74) is 9.21. The Kier molecular flexibility index (Phi) is 4.20. The second-order valence-electron chi connectivity index (χ2n) is 4.66. The minimum absolute atomic E-state index is 0.0172. The summed E-state index contributed by atoms with van der Waals surface area (Å²) in [6.07, 6.45) is 1.46. The molecule has 0 saturated heterocycles. The largest absolute Gasteiger partial charge is 0.378 e. The fraction of sp³-hybridized carbons (Fsp3) is 0.0769. The number of carbonyl (C=O) groups is 1. The summed E-state index contributed by atoms with van der Waals surface area (Å²) in [5.74, 6) is -0.492. The van der Waals surface area contributed by atoms with Crippen LogP contribution >= 0.6 is 11.6 Å². The number of halogens is 1. The fourth-order valence-electron chi connectivity index (χ4n) is 1.91. The van der Waals surface area contributed by atoms with E-state index in [1.807, 2.05) is 0 Å². The highest BCUT2D eigenvalue weighted by Gasteiger charge is 2.22. The zero-order valence-electron chi connectivity index (χ0n) is 12.3. The Balaban J connectivity index is 1.81. The standard InChI is InChI=1S/C13H11ClN8O2/c1-7-10(22(21-17-7)12-11(15)19-24-20-12)13(23)18-16-6-8-3-2-4-9(14)5-8/h2-6H,1H3,(H2,15,19)(H,18,23). The molecular formula is C13H11ClN8O2. The van der Waals surface area contributed by atoms with Crippen molar-refractivity contribution in [2.75, 3.05) is 5.73 Å². The molecule has 2 aromatic heterocycles. The zero-order chi connectivity index (χ0) is 17.1. The number of benzene rings is 1. The number of aryl methyl sites for hydroxylation is 1. The number of nitrogen functional groups attached to an aromatic ring is 1. The van der Waals surface area contributed by atoms with E-state index in [-0.39, 0.29) is 17.3 Å². The van der Waals surface area contributed by atoms with Crippen LogP contribution in [0.1, 0.15) is 21.7 Å². The Morgan fingerprint density at radius 1 is 1.46 bits per heavy atom. The van der Waals surface area contributed by atoms with Crippen molar-refractivity contribution in [2.45, 2.75) is 6.92 Å². The molecule has 0 unspecified atom stereocenters. The third-order valence-electron chi connectivity index (χ3n) is 2.98. The summed E-state index contributed by atoms with van der Waals surface area (Å²) < 4.78 is 5.64. The summed E-state index contributed by atoms with van der Waals surface area (Å²) in [6.45, 7) is 1.61. The van der Waals surface area contributed by atoms with E-state index in [4.69, 9.17) is 17.3 Å². The molecule has 0 atom stereocenters. The second kappa shape index (κ2) is 6.46. The third-order valence-corrected chi connectivity index (χ3v) is 3.21. The van der Waals surface area contributed by atoms with Gasteiger partial charge < -0.3 is 5.73 Å². The minimum atomic E-state index is -0.543. The van der Waals surface area contributed by atoms with Crippen LogP contribution in [0.5, 0.6) is 0 Å². The summed E-state index contributed by atoms with van der Waals surface area (Å²) in [4.78, 5) is 12.3. The van der Waals surface area contributed by atoms with Crippen LogP contribution in [0.2, 0.25) is 5.02 Å². The number of aromatic nitrogens is 5. The molecule has 0 aliphatic carbocycles. The lowest BCUT2D eigenvalue weighted by Gasteiger charge is -2.02. The number of carbonyl (C=O) groups excluding carboxylic acids is 1. The Morgan fingerprint density at radius 3 is 3.00 bits per heavy atom. The first-order valence-corrected chi connectivity index (χ1v) is 7.03. The summed E-state index contributed by atoms with van der Waals surface area (Å²) in [6, 6.07) is 7.01. The molecule has 122 valence electrons. The number of nitrogens with zero attached hydrogens (tertiary/aromatic N) is 6. The van der Waals surface area contributed by atoms with Crippen molar-refractivity contribution in [1.82, 2.24) is 30.7 Å². The van der Waals surface area contributed by atoms with Gasteiger partial charge in [-0.3, -0.25) is 4.79 Å². The molecule has 2 heterocycles. The highest BCUT2D eigenvalue weighted by Crippen LogP contribution is 2.15. The monoisotopic (exact) mass is 346 g/mol. The summed E-state index contributed by atoms with van der Waals surface area (Å²) >= 11 is 5.88. The van der Waals surface area contributed by atoms with Crippen LogP contribution in [0.25, 0.3) is 5.82 Å². The number of anilines is 1. The van der Waals surface area contributed by atoms with Gasteiger partial charge >= 0.3 is 0 Å². The summed E-state index contributed by atoms with van der Waals surface area (Å²) in [7, 11) is 0. The molecule has 0 spiro atoms. The Bertz CT molecular complexity index is 916. The lowest BCUT2D eigenvalue weighted by atomic mass is 10.2. The van der Waals surface area contributed by atoms with Crippen LogP contribution in [-0.4, -0.2) is 37.4 Å². The predicted molar refractivity (Wildman–Crippen MR) is 84.9 cm³/mol. The van der Waals surface area contributed by atoms with Gasteiger partial charge in [0.15, 0.2) is 5.69 Å². The molecule has 0 fully saturated rings. The molecule has 11 heteroatoms. The van der Waals surface area contributed by atoms with Crippen molar-refractivity contribution < 1.29 is 9.42 Å². The first kappa shape index (κ1) is 15.6. The van der Waals surface area contributed by atoms with Crippen molar-refractivity contribution >= 4 is 29.5 Å². The van der Waals surface area contributed by atoms with Gasteiger partial charge in [-0.25, -0.2) is 10.1 Å². The highest BCUT2D eigenvalue weighted by atomic mass is 35.5. The quantitative estimate of drug-likeness (QED) is 0.530. The molecule has 0 saturated carbocycles. The molecule has 24 heavy (non-hydrogen) atoms. The molecule has 0 aliphatic heterocycles. The molecule has 1 aromatic carbocycles. The number of hydrogen-bond donors (Lipinski definition) is 2. The highest BCUT2D eigenvalue weighted by molar-refractivity contribution is 6.30. The topological polar surface area (TPSA) is 137 Å². The maximum Gasteiger partial charge on any atom is 0.292 e. The van der Waals surface area contributed by atoms with Gasteiger partial charge in [0.05, 0.1) is 11.9 Å². The molecular weight excluding hydrogens is 336 g/mol. The average Bonchev–Trinajstić information content (AvgIpc) is 3.12. The zero-order valence-corrected chi connectivity index (χ0v) is 13.1. The van der Waals surface area contributed by atoms with E-state index in [0.29, 0.717) is 10.7 Å². The van der Waals surface area contributed by atoms with Gasteiger partial charge in [0.1, 0.15) is 0 Å². The number of nitrogens with one attached hydrogen (secondary N) is 1. The molecule has 3 aromatic rings. The molecule has 3 rings (SSSR count). The number of nitrogens with two attached hydrogens (primary N) is 1. The number of amides is 1. The van der Waals surface area contributed by atoms with E-state index in [1.165, 1.54) is 6.21 Å². The van der Waals surface area contributed by atoms with Crippen LogP contribution < -0.4 is 11.2 Å². The van der Waals surface area contributed by atoms with Crippen molar-refractivity contribution in [3.05, 3.63) is 46.2 Å². The summed E-state index contributed by atoms with van der Waals surface area (Å²) in [5, 5.41) is 19.1. The lowest BCUT2D eigenvalue weighted by molar-refractivity contribution is 0.0946. The second-order valence-corrected chi connectivity index (χ2v) is 5.10. The number of rotatable bonds is 4. The normalized spacial score (nSPS) is 11.1. The molecule has 3 N–H and O–H groups in total. The first-order chi connectivity index (χ1) is 11.6. The lowest BCUT2D eigenvalue weighted by Crippen LogP contribution is -2.22. The molecule has 10 nitrogen and oxygen atoms in total. The average molecular weight is 347 g/mol. The molecule has 0 bridgehead atoms. The van der Waals surface area contributed by atoms with Gasteiger partial charge in [0.25, 0.3) is 5.91 Å². The Hall–Kier alpha value is -3.27. The Labute approximate surface area is 140 Å². The van der Waals surface area contributed by atoms with Crippen molar-refractivity contribution in [2.24, 2.45) is 5.10 Å². The van der Waals surface area contributed by atoms with E-state index in [2.05, 4.69) is 35.8 Å². The van der Waals surface area contributed by atoms with E-state index in [9.17, 15) is 4.79 Å². The maximum atomic E-state index is 12.3. The van der Waals surface area contributed by atoms with Crippen LogP contribution in [-0.2, 0) is 0 Å². The van der Waals surface area contributed by atoms with Crippen molar-refractivity contribution in [3.8, 4) is 5.82 Å². The maximum absolute atomic E-state index is 12.3. The van der Waals surface area contributed by atoms with Crippen LogP contribution in [0.15, 0.2) is 34.0 Å². The van der Waals surface area contributed by atoms with Crippen LogP contribution in [0.3, 0.4) is 0 Å². The van der Waals surface area contributed by atoms with Crippen LogP contribution in [0, 0.1) is 6.92 Å². The number of hydrogen-bond acceptors (Lipinski definition) is 8. The fourth-order valence-corrected chi connectivity index (χ4v) is 2.11.